The standard InChI is InChI=1S/C25H25ClN2O/c1-16-4-11-21(12-5-16)27-23-15-18(3)28(24-13-6-17(2)14-22(23)24)25(29)19-7-9-20(26)10-8-19/h4-14,18,23,27H,15H2,1-3H3. The van der Waals surface area contributed by atoms with Crippen LogP contribution in [-0.2, 0) is 0 Å². The minimum atomic E-state index is 0.00746. The summed E-state index contributed by atoms with van der Waals surface area (Å²) in [6, 6.07) is 22.1. The molecule has 2 atom stereocenters. The predicted molar refractivity (Wildman–Crippen MR) is 121 cm³/mol. The number of hydrogen-bond donors (Lipinski definition) is 1. The first kappa shape index (κ1) is 19.5. The van der Waals surface area contributed by atoms with E-state index in [0.29, 0.717) is 10.6 Å². The van der Waals surface area contributed by atoms with Gasteiger partial charge in [0.2, 0.25) is 0 Å². The second-order valence-electron chi connectivity index (χ2n) is 7.89. The van der Waals surface area contributed by atoms with E-state index in [4.69, 9.17) is 11.6 Å². The van der Waals surface area contributed by atoms with Crippen LogP contribution < -0.4 is 10.2 Å². The van der Waals surface area contributed by atoms with Gasteiger partial charge in [-0.15, -0.1) is 0 Å². The molecule has 4 heteroatoms. The van der Waals surface area contributed by atoms with E-state index in [9.17, 15) is 4.79 Å². The summed E-state index contributed by atoms with van der Waals surface area (Å²) in [5.74, 6) is 0.00746. The Morgan fingerprint density at radius 2 is 1.62 bits per heavy atom. The third-order valence-corrected chi connectivity index (χ3v) is 5.79. The van der Waals surface area contributed by atoms with Crippen LogP contribution in [0.3, 0.4) is 0 Å². The van der Waals surface area contributed by atoms with Gasteiger partial charge in [0.15, 0.2) is 0 Å². The second-order valence-corrected chi connectivity index (χ2v) is 8.33. The quantitative estimate of drug-likeness (QED) is 0.536. The third kappa shape index (κ3) is 4.01. The molecule has 2 unspecified atom stereocenters. The number of carbonyl (C=O) groups excluding carboxylic acids is 1. The lowest BCUT2D eigenvalue weighted by molar-refractivity contribution is 0.0974. The molecule has 3 aromatic carbocycles. The molecule has 0 aliphatic carbocycles. The van der Waals surface area contributed by atoms with Crippen molar-refractivity contribution >= 4 is 28.9 Å². The topological polar surface area (TPSA) is 32.3 Å². The van der Waals surface area contributed by atoms with Crippen LogP contribution >= 0.6 is 11.6 Å². The zero-order chi connectivity index (χ0) is 20.5. The van der Waals surface area contributed by atoms with Gasteiger partial charge in [-0.1, -0.05) is 47.0 Å². The van der Waals surface area contributed by atoms with Crippen LogP contribution in [0.5, 0.6) is 0 Å². The van der Waals surface area contributed by atoms with Crippen LogP contribution in [0.2, 0.25) is 5.02 Å². The number of anilines is 2. The van der Waals surface area contributed by atoms with Crippen molar-refractivity contribution in [2.45, 2.75) is 39.3 Å². The average Bonchev–Trinajstić information content (AvgIpc) is 2.70. The highest BCUT2D eigenvalue weighted by molar-refractivity contribution is 6.30. The maximum atomic E-state index is 13.3. The van der Waals surface area contributed by atoms with Crippen LogP contribution in [0.4, 0.5) is 11.4 Å². The first-order chi connectivity index (χ1) is 13.9. The van der Waals surface area contributed by atoms with E-state index in [-0.39, 0.29) is 18.0 Å². The summed E-state index contributed by atoms with van der Waals surface area (Å²) < 4.78 is 0. The van der Waals surface area contributed by atoms with Crippen LogP contribution in [0.1, 0.15) is 46.4 Å². The summed E-state index contributed by atoms with van der Waals surface area (Å²) in [7, 11) is 0. The lowest BCUT2D eigenvalue weighted by Gasteiger charge is -2.40. The number of aryl methyl sites for hydroxylation is 2. The number of nitrogens with zero attached hydrogens (tertiary/aromatic N) is 1. The second kappa shape index (κ2) is 7.92. The first-order valence-corrected chi connectivity index (χ1v) is 10.3. The van der Waals surface area contributed by atoms with Gasteiger partial charge in [-0.3, -0.25) is 4.79 Å². The monoisotopic (exact) mass is 404 g/mol. The van der Waals surface area contributed by atoms with Crippen molar-refractivity contribution < 1.29 is 4.79 Å². The largest absolute Gasteiger partial charge is 0.378 e. The Bertz CT molecular complexity index is 1030. The molecule has 1 aliphatic heterocycles. The molecule has 29 heavy (non-hydrogen) atoms. The Kier molecular flexibility index (Phi) is 5.33. The zero-order valence-electron chi connectivity index (χ0n) is 16.9. The fraction of sp³-hybridized carbons (Fsp3) is 0.240. The lowest BCUT2D eigenvalue weighted by atomic mass is 9.89. The van der Waals surface area contributed by atoms with Crippen molar-refractivity contribution in [2.24, 2.45) is 0 Å². The Hall–Kier alpha value is -2.78. The SMILES string of the molecule is Cc1ccc(NC2CC(C)N(C(=O)c3ccc(Cl)cc3)c3ccc(C)cc32)cc1. The van der Waals surface area contributed by atoms with Crippen molar-refractivity contribution in [2.75, 3.05) is 10.2 Å². The lowest BCUT2D eigenvalue weighted by Crippen LogP contribution is -2.44. The molecule has 1 N–H and O–H groups in total. The van der Waals surface area contributed by atoms with Crippen molar-refractivity contribution in [1.82, 2.24) is 0 Å². The maximum absolute atomic E-state index is 13.3. The summed E-state index contributed by atoms with van der Waals surface area (Å²) in [4.78, 5) is 15.3. The Labute approximate surface area is 177 Å². The summed E-state index contributed by atoms with van der Waals surface area (Å²) in [6.07, 6.45) is 0.837. The number of fused-ring (bicyclic) bond motifs is 1. The van der Waals surface area contributed by atoms with Crippen molar-refractivity contribution in [1.29, 1.82) is 0 Å². The third-order valence-electron chi connectivity index (χ3n) is 5.54. The number of nitrogens with one attached hydrogen (secondary N) is 1. The molecule has 0 bridgehead atoms. The van der Waals surface area contributed by atoms with Crippen LogP contribution in [0.25, 0.3) is 0 Å². The fourth-order valence-electron chi connectivity index (χ4n) is 4.01. The van der Waals surface area contributed by atoms with E-state index in [0.717, 1.165) is 23.4 Å². The smallest absolute Gasteiger partial charge is 0.258 e. The van der Waals surface area contributed by atoms with Gasteiger partial charge in [0.1, 0.15) is 0 Å². The van der Waals surface area contributed by atoms with E-state index in [1.807, 2.05) is 4.90 Å². The van der Waals surface area contributed by atoms with Crippen molar-refractivity contribution in [3.8, 4) is 0 Å². The molecule has 3 aromatic rings. The molecule has 148 valence electrons. The first-order valence-electron chi connectivity index (χ1n) is 9.95. The maximum Gasteiger partial charge on any atom is 0.258 e. The molecule has 3 nitrogen and oxygen atoms in total. The molecule has 1 heterocycles. The molecule has 0 fully saturated rings. The molecule has 0 aromatic heterocycles. The van der Waals surface area contributed by atoms with E-state index in [1.165, 1.54) is 11.1 Å². The highest BCUT2D eigenvalue weighted by Crippen LogP contribution is 2.40. The highest BCUT2D eigenvalue weighted by Gasteiger charge is 2.34. The molecule has 0 radical (unpaired) electrons. The van der Waals surface area contributed by atoms with Gasteiger partial charge in [0.25, 0.3) is 5.91 Å². The molecule has 1 amide bonds. The summed E-state index contributed by atoms with van der Waals surface area (Å²) in [6.45, 7) is 6.29. The fourth-order valence-corrected chi connectivity index (χ4v) is 4.14. The van der Waals surface area contributed by atoms with E-state index in [1.54, 1.807) is 24.3 Å². The number of amides is 1. The van der Waals surface area contributed by atoms with Crippen LogP contribution in [-0.4, -0.2) is 11.9 Å². The number of rotatable bonds is 3. The minimum Gasteiger partial charge on any atom is -0.378 e. The number of halogens is 1. The van der Waals surface area contributed by atoms with Gasteiger partial charge in [-0.2, -0.15) is 0 Å². The molecular weight excluding hydrogens is 380 g/mol. The molecule has 0 saturated heterocycles. The number of benzene rings is 3. The number of carbonyl (C=O) groups is 1. The normalized spacial score (nSPS) is 18.3. The van der Waals surface area contributed by atoms with Gasteiger partial charge in [-0.05, 0) is 75.2 Å². The van der Waals surface area contributed by atoms with Crippen molar-refractivity contribution in [3.63, 3.8) is 0 Å². The van der Waals surface area contributed by atoms with E-state index < -0.39 is 0 Å². The summed E-state index contributed by atoms with van der Waals surface area (Å²) in [5, 5.41) is 4.30. The van der Waals surface area contributed by atoms with Crippen LogP contribution in [0, 0.1) is 13.8 Å². The molecule has 0 spiro atoms. The summed E-state index contributed by atoms with van der Waals surface area (Å²) in [5.41, 5.74) is 6.30. The molecule has 1 aliphatic rings. The van der Waals surface area contributed by atoms with Crippen LogP contribution in [0.15, 0.2) is 66.7 Å². The van der Waals surface area contributed by atoms with E-state index in [2.05, 4.69) is 68.6 Å². The molecule has 0 saturated carbocycles. The Morgan fingerprint density at radius 3 is 2.31 bits per heavy atom. The Morgan fingerprint density at radius 1 is 0.966 bits per heavy atom. The van der Waals surface area contributed by atoms with Crippen molar-refractivity contribution in [3.05, 3.63) is 94.0 Å². The van der Waals surface area contributed by atoms with Gasteiger partial charge < -0.3 is 10.2 Å². The van der Waals surface area contributed by atoms with Gasteiger partial charge in [0, 0.05) is 28.0 Å². The average molecular weight is 405 g/mol. The highest BCUT2D eigenvalue weighted by atomic mass is 35.5. The Balaban J connectivity index is 1.70. The predicted octanol–water partition coefficient (Wildman–Crippen LogP) is 6.55. The van der Waals surface area contributed by atoms with Gasteiger partial charge >= 0.3 is 0 Å². The van der Waals surface area contributed by atoms with Gasteiger partial charge in [0.05, 0.1) is 6.04 Å². The molecule has 4 rings (SSSR count). The minimum absolute atomic E-state index is 0.00746. The zero-order valence-corrected chi connectivity index (χ0v) is 17.7. The van der Waals surface area contributed by atoms with E-state index >= 15 is 0 Å². The number of hydrogen-bond acceptors (Lipinski definition) is 2. The summed E-state index contributed by atoms with van der Waals surface area (Å²) >= 11 is 6.00. The van der Waals surface area contributed by atoms with Gasteiger partial charge in [-0.25, -0.2) is 0 Å². The molecular formula is C25H25ClN2O.